The number of aryl methyl sites for hydroxylation is 1. The summed E-state index contributed by atoms with van der Waals surface area (Å²) >= 11 is 0. The van der Waals surface area contributed by atoms with E-state index in [0.717, 1.165) is 42.3 Å². The highest BCUT2D eigenvalue weighted by atomic mass is 16.2. The first kappa shape index (κ1) is 18.5. The molecule has 146 valence electrons. The van der Waals surface area contributed by atoms with Crippen LogP contribution in [0.3, 0.4) is 0 Å². The number of nitrogens with one attached hydrogen (secondary N) is 1. The van der Waals surface area contributed by atoms with Gasteiger partial charge in [0.2, 0.25) is 5.91 Å². The molecule has 28 heavy (non-hydrogen) atoms. The van der Waals surface area contributed by atoms with Crippen molar-refractivity contribution in [2.75, 3.05) is 7.05 Å². The highest BCUT2D eigenvalue weighted by Gasteiger charge is 2.21. The van der Waals surface area contributed by atoms with Crippen LogP contribution in [0, 0.1) is 0 Å². The van der Waals surface area contributed by atoms with E-state index in [1.54, 1.807) is 4.90 Å². The fraction of sp³-hybridized carbons (Fsp3) is 0.409. The zero-order valence-electron chi connectivity index (χ0n) is 16.5. The normalized spacial score (nSPS) is 13.1. The van der Waals surface area contributed by atoms with Crippen molar-refractivity contribution in [3.63, 3.8) is 0 Å². The van der Waals surface area contributed by atoms with E-state index >= 15 is 0 Å². The molecule has 6 nitrogen and oxygen atoms in total. The Morgan fingerprint density at radius 3 is 2.89 bits per heavy atom. The van der Waals surface area contributed by atoms with E-state index in [0.29, 0.717) is 18.5 Å². The molecule has 3 aromatic rings. The first-order valence-electron chi connectivity index (χ1n) is 9.98. The Morgan fingerprint density at radius 2 is 2.07 bits per heavy atom. The first-order valence-corrected chi connectivity index (χ1v) is 9.98. The number of hydrogen-bond acceptors (Lipinski definition) is 3. The van der Waals surface area contributed by atoms with Gasteiger partial charge in [-0.05, 0) is 37.3 Å². The van der Waals surface area contributed by atoms with Gasteiger partial charge in [-0.3, -0.25) is 14.7 Å². The van der Waals surface area contributed by atoms with Crippen LogP contribution in [0.4, 0.5) is 0 Å². The second-order valence-corrected chi connectivity index (χ2v) is 7.59. The Morgan fingerprint density at radius 1 is 1.25 bits per heavy atom. The molecule has 1 aromatic carbocycles. The van der Waals surface area contributed by atoms with E-state index in [9.17, 15) is 9.59 Å². The molecule has 0 bridgehead atoms. The molecule has 6 heteroatoms. The fourth-order valence-corrected chi connectivity index (χ4v) is 4.06. The van der Waals surface area contributed by atoms with E-state index in [-0.39, 0.29) is 18.2 Å². The summed E-state index contributed by atoms with van der Waals surface area (Å²) in [4.78, 5) is 27.1. The molecule has 2 heterocycles. The van der Waals surface area contributed by atoms with Gasteiger partial charge in [-0.25, -0.2) is 0 Å². The number of amides is 1. The number of aromatic amines is 1. The number of nitrogens with zero attached hydrogens (tertiary/aromatic N) is 3. The summed E-state index contributed by atoms with van der Waals surface area (Å²) in [6.07, 6.45) is 6.40. The minimum Gasteiger partial charge on any atom is -0.338 e. The lowest BCUT2D eigenvalue weighted by Gasteiger charge is -2.17. The highest BCUT2D eigenvalue weighted by Crippen LogP contribution is 2.25. The van der Waals surface area contributed by atoms with Gasteiger partial charge < -0.3 is 9.47 Å². The monoisotopic (exact) mass is 378 g/mol. The molecule has 0 fully saturated rings. The van der Waals surface area contributed by atoms with Gasteiger partial charge in [0, 0.05) is 41.8 Å². The molecule has 0 spiro atoms. The maximum Gasteiger partial charge on any atom is 0.242 e. The van der Waals surface area contributed by atoms with E-state index in [4.69, 9.17) is 0 Å². The number of rotatable bonds is 7. The van der Waals surface area contributed by atoms with Gasteiger partial charge in [0.15, 0.2) is 5.78 Å². The van der Waals surface area contributed by atoms with Gasteiger partial charge in [-0.2, -0.15) is 5.10 Å². The molecular formula is C22H26N4O2. The van der Waals surface area contributed by atoms with Crippen LogP contribution in [0.2, 0.25) is 0 Å². The zero-order valence-corrected chi connectivity index (χ0v) is 16.5. The number of fused-ring (bicyclic) bond motifs is 2. The van der Waals surface area contributed by atoms with Crippen molar-refractivity contribution in [1.82, 2.24) is 19.7 Å². The summed E-state index contributed by atoms with van der Waals surface area (Å²) < 4.78 is 1.89. The number of para-hydroxylation sites is 1. The fourth-order valence-electron chi connectivity index (χ4n) is 4.06. The lowest BCUT2D eigenvalue weighted by Crippen LogP contribution is -2.30. The lowest BCUT2D eigenvalue weighted by molar-refractivity contribution is -0.131. The minimum atomic E-state index is 0.00462. The number of H-pyrrole nitrogens is 1. The molecule has 0 saturated carbocycles. The Kier molecular flexibility index (Phi) is 5.03. The number of hydrogen-bond donors (Lipinski definition) is 1. The smallest absolute Gasteiger partial charge is 0.242 e. The number of carbonyl (C=O) groups excluding carboxylic acids is 2. The summed E-state index contributed by atoms with van der Waals surface area (Å²) in [5.41, 5.74) is 5.09. The van der Waals surface area contributed by atoms with Gasteiger partial charge in [-0.1, -0.05) is 25.1 Å². The Balaban J connectivity index is 1.54. The summed E-state index contributed by atoms with van der Waals surface area (Å²) in [7, 11) is 1.81. The van der Waals surface area contributed by atoms with Gasteiger partial charge in [0.05, 0.1) is 12.2 Å². The number of Topliss-reactive ketones (excluding diaryl/α,β-unsaturated/α-hetero) is 1. The Hall–Kier alpha value is -2.89. The SMILES string of the molecule is CCCC(=O)c1cn(CC(=O)N(C)Cc2n[nH]c3c2CCC3)c2ccccc12. The Labute approximate surface area is 164 Å². The first-order chi connectivity index (χ1) is 13.6. The topological polar surface area (TPSA) is 71.0 Å². The molecule has 0 atom stereocenters. The van der Waals surface area contributed by atoms with E-state index < -0.39 is 0 Å². The molecule has 0 unspecified atom stereocenters. The van der Waals surface area contributed by atoms with E-state index in [1.165, 1.54) is 11.3 Å². The number of carbonyl (C=O) groups is 2. The van der Waals surface area contributed by atoms with Crippen LogP contribution in [0.25, 0.3) is 10.9 Å². The van der Waals surface area contributed by atoms with Crippen LogP contribution in [-0.4, -0.2) is 38.4 Å². The molecule has 1 amide bonds. The molecule has 0 radical (unpaired) electrons. The van der Waals surface area contributed by atoms with Crippen molar-refractivity contribution < 1.29 is 9.59 Å². The second-order valence-electron chi connectivity index (χ2n) is 7.59. The molecule has 0 saturated heterocycles. The van der Waals surface area contributed by atoms with Gasteiger partial charge >= 0.3 is 0 Å². The van der Waals surface area contributed by atoms with Crippen LogP contribution >= 0.6 is 0 Å². The zero-order chi connectivity index (χ0) is 19.7. The van der Waals surface area contributed by atoms with Crippen molar-refractivity contribution >= 4 is 22.6 Å². The van der Waals surface area contributed by atoms with Crippen LogP contribution in [-0.2, 0) is 30.7 Å². The summed E-state index contributed by atoms with van der Waals surface area (Å²) in [5, 5.41) is 8.41. The standard InChI is InChI=1S/C22H26N4O2/c1-3-7-21(27)17-12-26(20-11-5-4-8-15(17)20)14-22(28)25(2)13-19-16-9-6-10-18(16)23-24-19/h4-5,8,11-12H,3,6-7,9-10,13-14H2,1-2H3,(H,23,24). The highest BCUT2D eigenvalue weighted by molar-refractivity contribution is 6.08. The summed E-state index contributed by atoms with van der Waals surface area (Å²) in [5.74, 6) is 0.135. The summed E-state index contributed by atoms with van der Waals surface area (Å²) in [6.45, 7) is 2.72. The third-order valence-electron chi connectivity index (χ3n) is 5.58. The van der Waals surface area contributed by atoms with Crippen LogP contribution in [0.1, 0.15) is 53.5 Å². The van der Waals surface area contributed by atoms with Crippen molar-refractivity contribution in [1.29, 1.82) is 0 Å². The molecule has 0 aliphatic heterocycles. The third-order valence-corrected chi connectivity index (χ3v) is 5.58. The molecule has 1 N–H and O–H groups in total. The van der Waals surface area contributed by atoms with Gasteiger partial charge in [-0.15, -0.1) is 0 Å². The quantitative estimate of drug-likeness (QED) is 0.640. The van der Waals surface area contributed by atoms with Gasteiger partial charge in [0.1, 0.15) is 6.54 Å². The maximum atomic E-state index is 12.9. The van der Waals surface area contributed by atoms with Crippen molar-refractivity contribution in [2.24, 2.45) is 0 Å². The lowest BCUT2D eigenvalue weighted by atomic mass is 10.1. The predicted octanol–water partition coefficient (Wildman–Crippen LogP) is 3.49. The van der Waals surface area contributed by atoms with Gasteiger partial charge in [0.25, 0.3) is 0 Å². The van der Waals surface area contributed by atoms with Crippen molar-refractivity contribution in [3.8, 4) is 0 Å². The molecule has 2 aromatic heterocycles. The average Bonchev–Trinajstić information content (AvgIpc) is 3.38. The number of aromatic nitrogens is 3. The average molecular weight is 378 g/mol. The largest absolute Gasteiger partial charge is 0.338 e. The van der Waals surface area contributed by atoms with Crippen LogP contribution in [0.15, 0.2) is 30.5 Å². The predicted molar refractivity (Wildman–Crippen MR) is 108 cm³/mol. The van der Waals surface area contributed by atoms with Crippen molar-refractivity contribution in [3.05, 3.63) is 53.0 Å². The van der Waals surface area contributed by atoms with Crippen LogP contribution < -0.4 is 0 Å². The second kappa shape index (κ2) is 7.62. The van der Waals surface area contributed by atoms with Crippen LogP contribution in [0.5, 0.6) is 0 Å². The number of ketones is 1. The number of benzene rings is 1. The summed E-state index contributed by atoms with van der Waals surface area (Å²) in [6, 6.07) is 7.79. The Bertz CT molecular complexity index is 1030. The molecular weight excluding hydrogens is 352 g/mol. The maximum absolute atomic E-state index is 12.9. The van der Waals surface area contributed by atoms with E-state index in [2.05, 4.69) is 10.2 Å². The minimum absolute atomic E-state index is 0.00462. The molecule has 4 rings (SSSR count). The van der Waals surface area contributed by atoms with Crippen molar-refractivity contribution in [2.45, 2.75) is 52.1 Å². The number of likely N-dealkylation sites (N-methyl/N-ethyl adjacent to an activating group) is 1. The molecule has 1 aliphatic carbocycles. The van der Waals surface area contributed by atoms with E-state index in [1.807, 2.05) is 49.0 Å². The molecule has 1 aliphatic rings. The third kappa shape index (κ3) is 3.35.